The molecule has 0 spiro atoms. The third-order valence-electron chi connectivity index (χ3n) is 5.14. The van der Waals surface area contributed by atoms with Crippen molar-refractivity contribution in [2.24, 2.45) is 0 Å². The molecule has 0 saturated carbocycles. The van der Waals surface area contributed by atoms with Crippen molar-refractivity contribution in [3.63, 3.8) is 0 Å². The molecule has 1 aromatic carbocycles. The highest BCUT2D eigenvalue weighted by molar-refractivity contribution is 6.01. The molecule has 1 atom stereocenters. The molecular weight excluding hydrogens is 353 g/mol. The maximum Gasteiger partial charge on any atom is 0.249 e. The van der Waals surface area contributed by atoms with E-state index in [9.17, 15) is 23.9 Å². The summed E-state index contributed by atoms with van der Waals surface area (Å²) < 4.78 is 14.6. The first-order valence-electron chi connectivity index (χ1n) is 9.12. The van der Waals surface area contributed by atoms with Crippen LogP contribution in [0.25, 0.3) is 0 Å². The molecule has 146 valence electrons. The fourth-order valence-corrected chi connectivity index (χ4v) is 3.69. The van der Waals surface area contributed by atoms with Gasteiger partial charge in [-0.1, -0.05) is 0 Å². The van der Waals surface area contributed by atoms with Crippen molar-refractivity contribution >= 4 is 29.0 Å². The van der Waals surface area contributed by atoms with Crippen LogP contribution in [0.5, 0.6) is 0 Å². The quantitative estimate of drug-likeness (QED) is 0.670. The lowest BCUT2D eigenvalue weighted by molar-refractivity contribution is -0.133. The minimum absolute atomic E-state index is 0.0546. The zero-order valence-electron chi connectivity index (χ0n) is 15.3. The predicted molar refractivity (Wildman–Crippen MR) is 97.9 cm³/mol. The molecule has 2 saturated heterocycles. The number of Topliss-reactive ketones (excluding diaryl/α,β-unsaturated/α-hetero) is 1. The summed E-state index contributed by atoms with van der Waals surface area (Å²) >= 11 is 0. The van der Waals surface area contributed by atoms with E-state index in [0.29, 0.717) is 43.7 Å². The van der Waals surface area contributed by atoms with Gasteiger partial charge in [-0.05, 0) is 44.4 Å². The molecule has 0 unspecified atom stereocenters. The Morgan fingerprint density at radius 3 is 2.67 bits per heavy atom. The monoisotopic (exact) mass is 377 g/mol. The number of ketones is 1. The smallest absolute Gasteiger partial charge is 0.249 e. The van der Waals surface area contributed by atoms with Crippen LogP contribution in [0.15, 0.2) is 18.2 Å². The van der Waals surface area contributed by atoms with Gasteiger partial charge in [0.25, 0.3) is 0 Å². The molecule has 3 N–H and O–H groups in total. The van der Waals surface area contributed by atoms with Crippen LogP contribution in [-0.2, 0) is 14.4 Å². The number of nitrogens with zero attached hydrogens (tertiary/aromatic N) is 1. The molecule has 2 aliphatic heterocycles. The van der Waals surface area contributed by atoms with E-state index in [1.807, 2.05) is 4.90 Å². The number of amides is 2. The number of piperidine rings is 2. The highest BCUT2D eigenvalue weighted by Crippen LogP contribution is 2.31. The molecule has 8 heteroatoms. The number of rotatable bonds is 5. The van der Waals surface area contributed by atoms with Crippen molar-refractivity contribution < 1.29 is 23.9 Å². The Labute approximate surface area is 156 Å². The molecule has 0 bridgehead atoms. The maximum absolute atomic E-state index is 14.6. The molecular formula is C19H24FN3O4. The van der Waals surface area contributed by atoms with E-state index < -0.39 is 23.4 Å². The van der Waals surface area contributed by atoms with E-state index in [0.717, 1.165) is 0 Å². The van der Waals surface area contributed by atoms with Crippen molar-refractivity contribution in [2.75, 3.05) is 23.3 Å². The van der Waals surface area contributed by atoms with Gasteiger partial charge in [0.05, 0.1) is 11.3 Å². The number of halogens is 1. The Morgan fingerprint density at radius 2 is 2.07 bits per heavy atom. The number of hydrogen-bond donors (Lipinski definition) is 3. The molecule has 2 amide bonds. The Kier molecular flexibility index (Phi) is 5.46. The van der Waals surface area contributed by atoms with E-state index in [1.165, 1.54) is 13.0 Å². The van der Waals surface area contributed by atoms with Crippen molar-refractivity contribution in [3.8, 4) is 0 Å². The number of aliphatic hydroxyl groups is 1. The van der Waals surface area contributed by atoms with Gasteiger partial charge in [-0.25, -0.2) is 4.39 Å². The fraction of sp³-hybridized carbons (Fsp3) is 0.526. The number of carbonyl (C=O) groups is 3. The van der Waals surface area contributed by atoms with Gasteiger partial charge in [-0.15, -0.1) is 0 Å². The van der Waals surface area contributed by atoms with Crippen molar-refractivity contribution in [3.05, 3.63) is 24.0 Å². The average Bonchev–Trinajstić information content (AvgIpc) is 2.58. The highest BCUT2D eigenvalue weighted by atomic mass is 19.1. The Morgan fingerprint density at radius 1 is 1.37 bits per heavy atom. The summed E-state index contributed by atoms with van der Waals surface area (Å²) in [5.41, 5.74) is -0.115. The zero-order chi connectivity index (χ0) is 19.6. The summed E-state index contributed by atoms with van der Waals surface area (Å²) in [6.45, 7) is 2.37. The number of carbonyl (C=O) groups excluding carboxylic acids is 3. The molecule has 1 aromatic rings. The van der Waals surface area contributed by atoms with Crippen molar-refractivity contribution in [1.29, 1.82) is 0 Å². The first-order valence-corrected chi connectivity index (χ1v) is 9.12. The number of anilines is 2. The molecule has 2 fully saturated rings. The molecule has 7 nitrogen and oxygen atoms in total. The number of hydrogen-bond acceptors (Lipinski definition) is 6. The lowest BCUT2D eigenvalue weighted by Gasteiger charge is -2.39. The van der Waals surface area contributed by atoms with E-state index >= 15 is 0 Å². The van der Waals surface area contributed by atoms with Crippen LogP contribution >= 0.6 is 0 Å². The standard InChI is InChI=1S/C19H24FN3O4/c1-12(24)11-19(27)6-8-23(9-7-19)16-4-2-13(10-14(16)20)21-15-3-5-17(25)22-18(15)26/h2,4,10,15,21,27H,3,5-9,11H2,1H3,(H,22,25,26)/t15-/m1/s1. The van der Waals surface area contributed by atoms with Crippen LogP contribution in [0, 0.1) is 5.82 Å². The van der Waals surface area contributed by atoms with Crippen LogP contribution in [-0.4, -0.2) is 47.4 Å². The Hall–Kier alpha value is -2.48. The molecule has 0 aromatic heterocycles. The molecule has 0 radical (unpaired) electrons. The van der Waals surface area contributed by atoms with Gasteiger partial charge >= 0.3 is 0 Å². The second-order valence-corrected chi connectivity index (χ2v) is 7.40. The fourth-order valence-electron chi connectivity index (χ4n) is 3.69. The molecule has 2 heterocycles. The van der Waals surface area contributed by atoms with Crippen LogP contribution < -0.4 is 15.5 Å². The first kappa shape index (κ1) is 19.3. The van der Waals surface area contributed by atoms with Gasteiger partial charge in [0, 0.05) is 31.6 Å². The summed E-state index contributed by atoms with van der Waals surface area (Å²) in [4.78, 5) is 36.1. The summed E-state index contributed by atoms with van der Waals surface area (Å²) in [5.74, 6) is -1.18. The molecule has 27 heavy (non-hydrogen) atoms. The number of imide groups is 1. The summed E-state index contributed by atoms with van der Waals surface area (Å²) in [6, 6.07) is 4.09. The SMILES string of the molecule is CC(=O)CC1(O)CCN(c2ccc(N[C@@H]3CCC(=O)NC3=O)cc2F)CC1. The Bertz CT molecular complexity index is 759. The average molecular weight is 377 g/mol. The van der Waals surface area contributed by atoms with Gasteiger partial charge in [0.15, 0.2) is 0 Å². The summed E-state index contributed by atoms with van der Waals surface area (Å²) in [5, 5.41) is 15.6. The molecule has 0 aliphatic carbocycles. The molecule has 3 rings (SSSR count). The normalized spacial score (nSPS) is 22.3. The van der Waals surface area contributed by atoms with Crippen LogP contribution in [0.4, 0.5) is 15.8 Å². The van der Waals surface area contributed by atoms with Gasteiger partial charge in [-0.3, -0.25) is 19.7 Å². The van der Waals surface area contributed by atoms with Gasteiger partial charge in [0.2, 0.25) is 11.8 Å². The van der Waals surface area contributed by atoms with E-state index in [4.69, 9.17) is 0 Å². The minimum atomic E-state index is -1.01. The summed E-state index contributed by atoms with van der Waals surface area (Å²) in [7, 11) is 0. The van der Waals surface area contributed by atoms with Crippen LogP contribution in [0.2, 0.25) is 0 Å². The third-order valence-corrected chi connectivity index (χ3v) is 5.14. The van der Waals surface area contributed by atoms with Gasteiger partial charge < -0.3 is 15.3 Å². The van der Waals surface area contributed by atoms with Crippen LogP contribution in [0.1, 0.15) is 39.0 Å². The van der Waals surface area contributed by atoms with Crippen LogP contribution in [0.3, 0.4) is 0 Å². The lowest BCUT2D eigenvalue weighted by Crippen LogP contribution is -2.47. The second-order valence-electron chi connectivity index (χ2n) is 7.40. The number of benzene rings is 1. The van der Waals surface area contributed by atoms with Crippen molar-refractivity contribution in [1.82, 2.24) is 5.32 Å². The predicted octanol–water partition coefficient (Wildman–Crippen LogP) is 1.35. The largest absolute Gasteiger partial charge is 0.389 e. The van der Waals surface area contributed by atoms with E-state index in [-0.39, 0.29) is 24.5 Å². The third kappa shape index (κ3) is 4.63. The molecule has 2 aliphatic rings. The van der Waals surface area contributed by atoms with E-state index in [1.54, 1.807) is 12.1 Å². The van der Waals surface area contributed by atoms with Crippen molar-refractivity contribution in [2.45, 2.75) is 50.7 Å². The number of nitrogens with one attached hydrogen (secondary N) is 2. The Balaban J connectivity index is 1.63. The maximum atomic E-state index is 14.6. The van der Waals surface area contributed by atoms with E-state index in [2.05, 4.69) is 10.6 Å². The highest BCUT2D eigenvalue weighted by Gasteiger charge is 2.34. The zero-order valence-corrected chi connectivity index (χ0v) is 15.3. The summed E-state index contributed by atoms with van der Waals surface area (Å²) in [6.07, 6.45) is 1.55. The van der Waals surface area contributed by atoms with Gasteiger partial charge in [-0.2, -0.15) is 0 Å². The minimum Gasteiger partial charge on any atom is -0.389 e. The topological polar surface area (TPSA) is 98.7 Å². The lowest BCUT2D eigenvalue weighted by atomic mass is 9.86. The second kappa shape index (κ2) is 7.64. The first-order chi connectivity index (χ1) is 12.8. The van der Waals surface area contributed by atoms with Gasteiger partial charge in [0.1, 0.15) is 17.6 Å².